The van der Waals surface area contributed by atoms with Gasteiger partial charge < -0.3 is 24.8 Å². The number of rotatable bonds is 7. The minimum absolute atomic E-state index is 0.0574. The minimum atomic E-state index is -1.07. The summed E-state index contributed by atoms with van der Waals surface area (Å²) in [6.07, 6.45) is 6.32. The number of nitrogens with one attached hydrogen (secondary N) is 1. The highest BCUT2D eigenvalue weighted by Gasteiger charge is 2.78. The lowest BCUT2D eigenvalue weighted by Gasteiger charge is -2.39. The van der Waals surface area contributed by atoms with Crippen molar-refractivity contribution in [1.29, 1.82) is 0 Å². The molecule has 2 N–H and O–H groups in total. The molecule has 0 radical (unpaired) electrons. The first-order valence-corrected chi connectivity index (χ1v) is 12.3. The van der Waals surface area contributed by atoms with Gasteiger partial charge in [0.2, 0.25) is 11.8 Å². The fraction of sp³-hybridized carbons (Fsp3) is 0.875. The Bertz CT molecular complexity index is 766. The molecule has 8 heteroatoms. The third-order valence-corrected chi connectivity index (χ3v) is 8.27. The van der Waals surface area contributed by atoms with E-state index >= 15 is 0 Å². The summed E-state index contributed by atoms with van der Waals surface area (Å²) in [5.74, 6) is -2.50. The molecule has 2 amide bonds. The van der Waals surface area contributed by atoms with Crippen molar-refractivity contribution in [3.63, 3.8) is 0 Å². The Morgan fingerprint density at radius 3 is 2.53 bits per heavy atom. The fourth-order valence-electron chi connectivity index (χ4n) is 6.76. The van der Waals surface area contributed by atoms with Crippen LogP contribution in [0.4, 0.5) is 0 Å². The molecule has 1 saturated carbocycles. The summed E-state index contributed by atoms with van der Waals surface area (Å²) >= 11 is 0. The molecule has 3 aliphatic heterocycles. The van der Waals surface area contributed by atoms with Gasteiger partial charge in [0.05, 0.1) is 30.8 Å². The van der Waals surface area contributed by atoms with Gasteiger partial charge >= 0.3 is 5.97 Å². The van der Waals surface area contributed by atoms with E-state index in [0.717, 1.165) is 25.7 Å². The number of hydrogen-bond donors (Lipinski definition) is 2. The maximum Gasteiger partial charge on any atom is 0.312 e. The van der Waals surface area contributed by atoms with E-state index in [2.05, 4.69) is 5.32 Å². The molecular formula is C24H38N2O6. The van der Waals surface area contributed by atoms with Gasteiger partial charge in [-0.1, -0.05) is 33.1 Å². The first-order chi connectivity index (χ1) is 15.2. The quantitative estimate of drug-likeness (QED) is 0.573. The van der Waals surface area contributed by atoms with Crippen LogP contribution in [-0.4, -0.2) is 70.3 Å². The number of fused-ring (bicyclic) bond motifs is 1. The Morgan fingerprint density at radius 1 is 1.25 bits per heavy atom. The van der Waals surface area contributed by atoms with Crippen LogP contribution in [0.3, 0.4) is 0 Å². The van der Waals surface area contributed by atoms with Gasteiger partial charge in [-0.15, -0.1) is 0 Å². The van der Waals surface area contributed by atoms with Crippen LogP contribution in [0.2, 0.25) is 0 Å². The van der Waals surface area contributed by atoms with Crippen molar-refractivity contribution < 1.29 is 29.0 Å². The van der Waals surface area contributed by atoms with Gasteiger partial charge in [0.15, 0.2) is 0 Å². The maximum absolute atomic E-state index is 13.9. The maximum atomic E-state index is 13.9. The number of amides is 2. The van der Waals surface area contributed by atoms with Gasteiger partial charge in [-0.2, -0.15) is 0 Å². The highest BCUT2D eigenvalue weighted by atomic mass is 16.6. The summed E-state index contributed by atoms with van der Waals surface area (Å²) < 4.78 is 11.9. The van der Waals surface area contributed by atoms with Crippen molar-refractivity contribution in [2.24, 2.45) is 17.8 Å². The zero-order chi connectivity index (χ0) is 23.3. The fourth-order valence-corrected chi connectivity index (χ4v) is 6.76. The van der Waals surface area contributed by atoms with E-state index in [1.54, 1.807) is 11.8 Å². The van der Waals surface area contributed by atoms with Crippen LogP contribution in [-0.2, 0) is 23.9 Å². The monoisotopic (exact) mass is 450 g/mol. The second kappa shape index (κ2) is 8.60. The lowest BCUT2D eigenvalue weighted by Crippen LogP contribution is -2.60. The van der Waals surface area contributed by atoms with Crippen molar-refractivity contribution in [3.8, 4) is 0 Å². The van der Waals surface area contributed by atoms with Gasteiger partial charge in [-0.25, -0.2) is 0 Å². The molecule has 4 rings (SSSR count). The van der Waals surface area contributed by atoms with Crippen molar-refractivity contribution >= 4 is 17.8 Å². The highest BCUT2D eigenvalue weighted by molar-refractivity contribution is 5.98. The highest BCUT2D eigenvalue weighted by Crippen LogP contribution is 2.63. The topological polar surface area (TPSA) is 105 Å². The predicted molar refractivity (Wildman–Crippen MR) is 116 cm³/mol. The molecule has 0 aromatic heterocycles. The van der Waals surface area contributed by atoms with E-state index in [1.807, 2.05) is 20.8 Å². The normalized spacial score (nSPS) is 37.6. The molecule has 0 aromatic carbocycles. The van der Waals surface area contributed by atoms with Crippen LogP contribution in [0.1, 0.15) is 72.6 Å². The van der Waals surface area contributed by atoms with Crippen LogP contribution in [0.5, 0.6) is 0 Å². The van der Waals surface area contributed by atoms with E-state index < -0.39 is 41.1 Å². The third-order valence-electron chi connectivity index (χ3n) is 8.27. The molecule has 4 aliphatic rings. The zero-order valence-electron chi connectivity index (χ0n) is 19.8. The largest absolute Gasteiger partial charge is 0.466 e. The van der Waals surface area contributed by atoms with Crippen LogP contribution in [0.15, 0.2) is 0 Å². The SMILES string of the molecule is CCOC(=O)[C@@H]1[C@H]2C(=O)N([C@@H](CO)C(C)C)C(C(=O)NC3CCCCC3)C23CC[C@@]1(C)O3. The van der Waals surface area contributed by atoms with E-state index in [9.17, 15) is 19.5 Å². The molecule has 180 valence electrons. The first kappa shape index (κ1) is 23.5. The summed E-state index contributed by atoms with van der Waals surface area (Å²) in [4.78, 5) is 42.2. The summed E-state index contributed by atoms with van der Waals surface area (Å²) in [6, 6.07) is -1.30. The number of ether oxygens (including phenoxy) is 2. The van der Waals surface area contributed by atoms with Crippen molar-refractivity contribution in [2.75, 3.05) is 13.2 Å². The van der Waals surface area contributed by atoms with Crippen LogP contribution in [0.25, 0.3) is 0 Å². The van der Waals surface area contributed by atoms with Crippen molar-refractivity contribution in [3.05, 3.63) is 0 Å². The molecule has 6 atom stereocenters. The second-order valence-electron chi connectivity index (χ2n) is 10.6. The van der Waals surface area contributed by atoms with Gasteiger partial charge in [-0.05, 0) is 45.4 Å². The Kier molecular flexibility index (Phi) is 6.31. The second-order valence-corrected chi connectivity index (χ2v) is 10.6. The molecule has 1 spiro atoms. The Balaban J connectivity index is 1.74. The van der Waals surface area contributed by atoms with Gasteiger partial charge in [0.25, 0.3) is 0 Å². The molecule has 4 fully saturated rings. The first-order valence-electron chi connectivity index (χ1n) is 12.3. The van der Waals surface area contributed by atoms with Crippen molar-refractivity contribution in [1.82, 2.24) is 10.2 Å². The molecular weight excluding hydrogens is 412 g/mol. The summed E-state index contributed by atoms with van der Waals surface area (Å²) in [6.45, 7) is 7.44. The molecule has 3 saturated heterocycles. The Morgan fingerprint density at radius 2 is 1.94 bits per heavy atom. The molecule has 32 heavy (non-hydrogen) atoms. The number of aliphatic hydroxyl groups is 1. The number of likely N-dealkylation sites (tertiary alicyclic amines) is 1. The average Bonchev–Trinajstić information content (AvgIpc) is 3.31. The van der Waals surface area contributed by atoms with E-state index in [1.165, 1.54) is 6.42 Å². The lowest BCUT2D eigenvalue weighted by molar-refractivity contribution is -0.160. The molecule has 3 heterocycles. The third kappa shape index (κ3) is 3.45. The van der Waals surface area contributed by atoms with Gasteiger partial charge in [-0.3, -0.25) is 14.4 Å². The predicted octanol–water partition coefficient (Wildman–Crippen LogP) is 1.78. The zero-order valence-corrected chi connectivity index (χ0v) is 19.8. The molecule has 2 unspecified atom stereocenters. The number of nitrogens with zero attached hydrogens (tertiary/aromatic N) is 1. The number of esters is 1. The summed E-state index contributed by atoms with van der Waals surface area (Å²) in [7, 11) is 0. The number of carbonyl (C=O) groups is 3. The number of hydrogen-bond acceptors (Lipinski definition) is 6. The minimum Gasteiger partial charge on any atom is -0.466 e. The van der Waals surface area contributed by atoms with E-state index in [0.29, 0.717) is 12.8 Å². The standard InChI is InChI=1S/C24H38N2O6/c1-5-31-22(30)18-17-21(29)26(16(13-27)14(2)3)19(24(17)12-11-23(18,4)32-24)20(28)25-15-9-7-6-8-10-15/h14-19,27H,5-13H2,1-4H3,(H,25,28)/t16-,17-,18-,19?,23+,24?/m0/s1. The van der Waals surface area contributed by atoms with Crippen LogP contribution >= 0.6 is 0 Å². The lowest BCUT2D eigenvalue weighted by atomic mass is 9.66. The Hall–Kier alpha value is -1.67. The molecule has 0 aromatic rings. The van der Waals surface area contributed by atoms with Gasteiger partial charge in [0, 0.05) is 6.04 Å². The summed E-state index contributed by atoms with van der Waals surface area (Å²) in [5, 5.41) is 13.4. The average molecular weight is 451 g/mol. The van der Waals surface area contributed by atoms with Gasteiger partial charge in [0.1, 0.15) is 17.6 Å². The summed E-state index contributed by atoms with van der Waals surface area (Å²) in [5.41, 5.74) is -1.89. The molecule has 1 aliphatic carbocycles. The van der Waals surface area contributed by atoms with E-state index in [4.69, 9.17) is 9.47 Å². The molecule has 8 nitrogen and oxygen atoms in total. The van der Waals surface area contributed by atoms with Crippen LogP contribution in [0, 0.1) is 17.8 Å². The van der Waals surface area contributed by atoms with E-state index in [-0.39, 0.29) is 37.0 Å². The Labute approximate surface area is 190 Å². The van der Waals surface area contributed by atoms with Crippen molar-refractivity contribution in [2.45, 2.75) is 102 Å². The number of aliphatic hydroxyl groups excluding tert-OH is 1. The number of carbonyl (C=O) groups excluding carboxylic acids is 3. The van der Waals surface area contributed by atoms with Crippen LogP contribution < -0.4 is 5.32 Å². The molecule has 2 bridgehead atoms. The smallest absolute Gasteiger partial charge is 0.312 e.